The second kappa shape index (κ2) is 9.78. The summed E-state index contributed by atoms with van der Waals surface area (Å²) in [7, 11) is -1.13. The quantitative estimate of drug-likeness (QED) is 0.227. The van der Waals surface area contributed by atoms with Gasteiger partial charge in [-0.1, -0.05) is 19.6 Å². The average Bonchev–Trinajstić information content (AvgIpc) is 3.31. The van der Waals surface area contributed by atoms with Gasteiger partial charge in [-0.05, 0) is 33.1 Å². The lowest BCUT2D eigenvalue weighted by Crippen LogP contribution is -2.28. The molecule has 0 aromatic carbocycles. The van der Waals surface area contributed by atoms with Gasteiger partial charge in [0.25, 0.3) is 0 Å². The molecule has 0 saturated heterocycles. The van der Waals surface area contributed by atoms with Crippen molar-refractivity contribution >= 4 is 37.6 Å². The fourth-order valence-corrected chi connectivity index (χ4v) is 5.77. The van der Waals surface area contributed by atoms with Gasteiger partial charge in [0.1, 0.15) is 17.6 Å². The maximum atomic E-state index is 13.1. The SMILES string of the molecule is CSc1cn(-c2ccn(COCC[Si](C)(C)C)n2)c2c(c1=O)C(C(=O)OC(C)(C)C)SC2. The van der Waals surface area contributed by atoms with Crippen LogP contribution in [0.3, 0.4) is 0 Å². The van der Waals surface area contributed by atoms with Crippen LogP contribution in [-0.2, 0) is 26.8 Å². The third-order valence-electron chi connectivity index (χ3n) is 4.90. The van der Waals surface area contributed by atoms with E-state index in [9.17, 15) is 9.59 Å². The Morgan fingerprint density at radius 1 is 1.34 bits per heavy atom. The number of hydrogen-bond acceptors (Lipinski definition) is 7. The fourth-order valence-electron chi connectivity index (χ4n) is 3.29. The molecule has 0 radical (unpaired) electrons. The molecule has 1 aliphatic rings. The number of aromatic nitrogens is 3. The van der Waals surface area contributed by atoms with E-state index >= 15 is 0 Å². The molecule has 32 heavy (non-hydrogen) atoms. The average molecular weight is 496 g/mol. The molecule has 0 saturated carbocycles. The summed E-state index contributed by atoms with van der Waals surface area (Å²) < 4.78 is 15.1. The van der Waals surface area contributed by atoms with E-state index in [0.717, 1.165) is 18.3 Å². The molecule has 0 fully saturated rings. The first-order valence-electron chi connectivity index (χ1n) is 10.7. The molecule has 1 aliphatic heterocycles. The second-order valence-electron chi connectivity index (χ2n) is 10.0. The van der Waals surface area contributed by atoms with Crippen molar-refractivity contribution in [1.29, 1.82) is 0 Å². The lowest BCUT2D eigenvalue weighted by Gasteiger charge is -2.22. The van der Waals surface area contributed by atoms with Crippen LogP contribution in [0.4, 0.5) is 0 Å². The van der Waals surface area contributed by atoms with E-state index in [1.54, 1.807) is 4.68 Å². The number of esters is 1. The summed E-state index contributed by atoms with van der Waals surface area (Å²) in [5, 5.41) is 4.03. The minimum absolute atomic E-state index is 0.0984. The van der Waals surface area contributed by atoms with Crippen molar-refractivity contribution in [2.75, 3.05) is 12.9 Å². The standard InChI is InChI=1S/C22H33N3O4S2Si/c1-22(2,3)29-21(27)20-18-15(13-31-20)25(12-16(30-4)19(18)26)17-8-9-24(23-17)14-28-10-11-32(5,6)7/h8-9,12,20H,10-11,13-14H2,1-7H3. The molecule has 3 heterocycles. The van der Waals surface area contributed by atoms with Gasteiger partial charge in [0.2, 0.25) is 0 Å². The minimum Gasteiger partial charge on any atom is -0.459 e. The van der Waals surface area contributed by atoms with Crippen LogP contribution in [0.1, 0.15) is 37.3 Å². The Morgan fingerprint density at radius 2 is 2.06 bits per heavy atom. The maximum Gasteiger partial charge on any atom is 0.324 e. The molecule has 0 N–H and O–H groups in total. The Morgan fingerprint density at radius 3 is 2.69 bits per heavy atom. The predicted octanol–water partition coefficient (Wildman–Crippen LogP) is 4.70. The highest BCUT2D eigenvalue weighted by Crippen LogP contribution is 2.42. The summed E-state index contributed by atoms with van der Waals surface area (Å²) in [5.41, 5.74) is 0.611. The summed E-state index contributed by atoms with van der Waals surface area (Å²) in [4.78, 5) is 26.5. The van der Waals surface area contributed by atoms with Gasteiger partial charge in [0, 0.05) is 50.2 Å². The monoisotopic (exact) mass is 495 g/mol. The van der Waals surface area contributed by atoms with E-state index in [2.05, 4.69) is 24.7 Å². The van der Waals surface area contributed by atoms with Gasteiger partial charge in [-0.15, -0.1) is 23.5 Å². The van der Waals surface area contributed by atoms with Crippen LogP contribution in [0.15, 0.2) is 28.2 Å². The number of pyridine rings is 1. The zero-order valence-electron chi connectivity index (χ0n) is 19.9. The highest BCUT2D eigenvalue weighted by Gasteiger charge is 2.37. The van der Waals surface area contributed by atoms with Crippen molar-refractivity contribution in [2.24, 2.45) is 0 Å². The lowest BCUT2D eigenvalue weighted by molar-refractivity contribution is -0.154. The number of rotatable bonds is 8. The zero-order valence-corrected chi connectivity index (χ0v) is 22.6. The Balaban J connectivity index is 1.87. The third-order valence-corrected chi connectivity index (χ3v) is 8.54. The number of thioether (sulfide) groups is 2. The molecular formula is C22H33N3O4S2Si. The van der Waals surface area contributed by atoms with E-state index in [0.29, 0.717) is 28.8 Å². The molecule has 176 valence electrons. The first-order valence-corrected chi connectivity index (χ1v) is 16.7. The molecule has 3 rings (SSSR count). The van der Waals surface area contributed by atoms with Gasteiger partial charge < -0.3 is 14.0 Å². The van der Waals surface area contributed by atoms with Gasteiger partial charge in [0.05, 0.1) is 4.90 Å². The van der Waals surface area contributed by atoms with Crippen LogP contribution in [0, 0.1) is 0 Å². The molecule has 0 amide bonds. The first-order chi connectivity index (χ1) is 14.9. The Hall–Kier alpha value is -1.49. The summed E-state index contributed by atoms with van der Waals surface area (Å²) in [6, 6.07) is 3.01. The summed E-state index contributed by atoms with van der Waals surface area (Å²) >= 11 is 2.80. The fraction of sp³-hybridized carbons (Fsp3) is 0.591. The molecule has 1 unspecified atom stereocenters. The van der Waals surface area contributed by atoms with Crippen molar-refractivity contribution in [1.82, 2.24) is 14.3 Å². The molecule has 0 bridgehead atoms. The highest BCUT2D eigenvalue weighted by molar-refractivity contribution is 7.99. The predicted molar refractivity (Wildman–Crippen MR) is 134 cm³/mol. The number of carbonyl (C=O) groups is 1. The van der Waals surface area contributed by atoms with Crippen molar-refractivity contribution < 1.29 is 14.3 Å². The number of hydrogen-bond donors (Lipinski definition) is 0. The molecular weight excluding hydrogens is 462 g/mol. The smallest absolute Gasteiger partial charge is 0.324 e. The number of ether oxygens (including phenoxy) is 2. The Labute approximate surface area is 199 Å². The Bertz CT molecular complexity index is 1040. The minimum atomic E-state index is -1.13. The summed E-state index contributed by atoms with van der Waals surface area (Å²) in [6.07, 6.45) is 5.56. The van der Waals surface area contributed by atoms with Crippen LogP contribution in [0.5, 0.6) is 0 Å². The second-order valence-corrected chi connectivity index (χ2v) is 17.6. The maximum absolute atomic E-state index is 13.1. The van der Waals surface area contributed by atoms with Crippen LogP contribution in [-0.4, -0.2) is 46.9 Å². The molecule has 7 nitrogen and oxygen atoms in total. The van der Waals surface area contributed by atoms with Crippen LogP contribution >= 0.6 is 23.5 Å². The molecule has 2 aromatic heterocycles. The van der Waals surface area contributed by atoms with E-state index in [1.165, 1.54) is 23.5 Å². The van der Waals surface area contributed by atoms with Gasteiger partial charge in [-0.3, -0.25) is 9.59 Å². The van der Waals surface area contributed by atoms with Gasteiger partial charge >= 0.3 is 5.97 Å². The number of nitrogens with zero attached hydrogens (tertiary/aromatic N) is 3. The molecule has 1 atom stereocenters. The number of carbonyl (C=O) groups excluding carboxylic acids is 1. The van der Waals surface area contributed by atoms with E-state index < -0.39 is 18.9 Å². The van der Waals surface area contributed by atoms with Crippen molar-refractivity contribution in [3.63, 3.8) is 0 Å². The van der Waals surface area contributed by atoms with Crippen molar-refractivity contribution in [3.05, 3.63) is 39.9 Å². The van der Waals surface area contributed by atoms with Crippen molar-refractivity contribution in [3.8, 4) is 5.82 Å². The van der Waals surface area contributed by atoms with Gasteiger partial charge in [-0.2, -0.15) is 5.10 Å². The molecule has 2 aromatic rings. The molecule has 10 heteroatoms. The van der Waals surface area contributed by atoms with Crippen LogP contribution < -0.4 is 5.43 Å². The lowest BCUT2D eigenvalue weighted by atomic mass is 10.1. The normalized spacial score (nSPS) is 16.3. The summed E-state index contributed by atoms with van der Waals surface area (Å²) in [6.45, 7) is 13.6. The zero-order chi connectivity index (χ0) is 23.7. The van der Waals surface area contributed by atoms with Gasteiger partial charge in [-0.25, -0.2) is 4.68 Å². The third kappa shape index (κ3) is 6.09. The molecule has 0 spiro atoms. The van der Waals surface area contributed by atoms with E-state index in [4.69, 9.17) is 9.47 Å². The largest absolute Gasteiger partial charge is 0.459 e. The van der Waals surface area contributed by atoms with Crippen LogP contribution in [0.25, 0.3) is 5.82 Å². The topological polar surface area (TPSA) is 75.4 Å². The number of fused-ring (bicyclic) bond motifs is 1. The van der Waals surface area contributed by atoms with Gasteiger partial charge in [0.15, 0.2) is 11.2 Å². The van der Waals surface area contributed by atoms with E-state index in [-0.39, 0.29) is 11.4 Å². The molecule has 0 aliphatic carbocycles. The summed E-state index contributed by atoms with van der Waals surface area (Å²) in [5.74, 6) is 0.878. The van der Waals surface area contributed by atoms with Crippen molar-refractivity contribution in [2.45, 2.75) is 74.7 Å². The highest BCUT2D eigenvalue weighted by atomic mass is 32.2. The van der Waals surface area contributed by atoms with E-state index in [1.807, 2.05) is 50.1 Å². The van der Waals surface area contributed by atoms with Crippen LogP contribution in [0.2, 0.25) is 25.7 Å². The Kier molecular flexibility index (Phi) is 7.68. The first kappa shape index (κ1) is 25.1.